The van der Waals surface area contributed by atoms with E-state index < -0.39 is 15.9 Å². The first-order chi connectivity index (χ1) is 8.47. The first kappa shape index (κ1) is 13.6. The lowest BCUT2D eigenvalue weighted by Gasteiger charge is -2.29. The van der Waals surface area contributed by atoms with Crippen LogP contribution < -0.4 is 0 Å². The van der Waals surface area contributed by atoms with Crippen molar-refractivity contribution >= 4 is 9.84 Å². The second kappa shape index (κ2) is 5.41. The standard InChI is InChI=1S/C14H20O3S/c1-18(16,17)10-9-14(15)13-8-4-6-11-5-2-3-7-12(11)13/h2-3,5,7,13-15H,4,6,8-10H2,1H3. The number of hydrogen-bond donors (Lipinski definition) is 1. The third-order valence-electron chi connectivity index (χ3n) is 3.66. The fourth-order valence-electron chi connectivity index (χ4n) is 2.73. The first-order valence-electron chi connectivity index (χ1n) is 6.41. The van der Waals surface area contributed by atoms with Crippen LogP contribution in [0.4, 0.5) is 0 Å². The van der Waals surface area contributed by atoms with E-state index in [0.717, 1.165) is 19.3 Å². The molecule has 0 aliphatic heterocycles. The molecule has 0 radical (unpaired) electrons. The maximum Gasteiger partial charge on any atom is 0.147 e. The van der Waals surface area contributed by atoms with E-state index in [1.54, 1.807) is 0 Å². The fourth-order valence-corrected chi connectivity index (χ4v) is 3.40. The van der Waals surface area contributed by atoms with Gasteiger partial charge in [-0.05, 0) is 36.8 Å². The summed E-state index contributed by atoms with van der Waals surface area (Å²) in [6, 6.07) is 8.16. The molecule has 3 nitrogen and oxygen atoms in total. The second-order valence-electron chi connectivity index (χ2n) is 5.18. The molecule has 0 saturated carbocycles. The van der Waals surface area contributed by atoms with Gasteiger partial charge in [0.15, 0.2) is 0 Å². The Hall–Kier alpha value is -0.870. The van der Waals surface area contributed by atoms with E-state index in [4.69, 9.17) is 0 Å². The molecule has 1 aromatic rings. The number of benzene rings is 1. The Kier molecular flexibility index (Phi) is 4.07. The second-order valence-corrected chi connectivity index (χ2v) is 7.44. The summed E-state index contributed by atoms with van der Waals surface area (Å²) in [5.74, 6) is 0.157. The minimum Gasteiger partial charge on any atom is -0.392 e. The highest BCUT2D eigenvalue weighted by atomic mass is 32.2. The van der Waals surface area contributed by atoms with Crippen molar-refractivity contribution in [2.45, 2.75) is 37.7 Å². The molecular formula is C14H20O3S. The van der Waals surface area contributed by atoms with Crippen LogP contribution in [0, 0.1) is 0 Å². The van der Waals surface area contributed by atoms with E-state index in [-0.39, 0.29) is 11.7 Å². The van der Waals surface area contributed by atoms with Crippen molar-refractivity contribution < 1.29 is 13.5 Å². The molecule has 0 bridgehead atoms. The number of fused-ring (bicyclic) bond motifs is 1. The third-order valence-corrected chi connectivity index (χ3v) is 4.64. The predicted octanol–water partition coefficient (Wildman–Crippen LogP) is 1.90. The van der Waals surface area contributed by atoms with Gasteiger partial charge in [-0.25, -0.2) is 8.42 Å². The minimum absolute atomic E-state index is 0.0623. The summed E-state index contributed by atoms with van der Waals surface area (Å²) in [5.41, 5.74) is 2.50. The Morgan fingerprint density at radius 1 is 1.39 bits per heavy atom. The molecule has 2 unspecified atom stereocenters. The van der Waals surface area contributed by atoms with Gasteiger partial charge in [0, 0.05) is 12.2 Å². The van der Waals surface area contributed by atoms with Gasteiger partial charge in [0.05, 0.1) is 11.9 Å². The average molecular weight is 268 g/mol. The zero-order valence-electron chi connectivity index (χ0n) is 10.7. The lowest BCUT2D eigenvalue weighted by atomic mass is 9.79. The summed E-state index contributed by atoms with van der Waals surface area (Å²) in [6.45, 7) is 0. The van der Waals surface area contributed by atoms with Crippen molar-refractivity contribution in [1.82, 2.24) is 0 Å². The molecule has 1 aromatic carbocycles. The van der Waals surface area contributed by atoms with Gasteiger partial charge in [-0.1, -0.05) is 24.3 Å². The average Bonchev–Trinajstić information content (AvgIpc) is 2.34. The Morgan fingerprint density at radius 2 is 2.11 bits per heavy atom. The number of hydrogen-bond acceptors (Lipinski definition) is 3. The highest BCUT2D eigenvalue weighted by Crippen LogP contribution is 2.34. The highest BCUT2D eigenvalue weighted by Gasteiger charge is 2.26. The van der Waals surface area contributed by atoms with Crippen molar-refractivity contribution in [2.75, 3.05) is 12.0 Å². The molecule has 4 heteroatoms. The van der Waals surface area contributed by atoms with Gasteiger partial charge >= 0.3 is 0 Å². The molecule has 0 aromatic heterocycles. The molecule has 18 heavy (non-hydrogen) atoms. The van der Waals surface area contributed by atoms with E-state index in [1.807, 2.05) is 12.1 Å². The van der Waals surface area contributed by atoms with Gasteiger partial charge in [0.1, 0.15) is 9.84 Å². The van der Waals surface area contributed by atoms with Gasteiger partial charge in [-0.15, -0.1) is 0 Å². The molecular weight excluding hydrogens is 248 g/mol. The van der Waals surface area contributed by atoms with Crippen LogP contribution in [0.1, 0.15) is 36.3 Å². The Labute approximate surface area is 109 Å². The van der Waals surface area contributed by atoms with Crippen molar-refractivity contribution in [2.24, 2.45) is 0 Å². The number of sulfone groups is 1. The summed E-state index contributed by atoms with van der Waals surface area (Å²) in [5, 5.41) is 10.2. The lowest BCUT2D eigenvalue weighted by molar-refractivity contribution is 0.131. The summed E-state index contributed by atoms with van der Waals surface area (Å²) in [7, 11) is -3.00. The topological polar surface area (TPSA) is 54.4 Å². The Balaban J connectivity index is 2.10. The smallest absolute Gasteiger partial charge is 0.147 e. The van der Waals surface area contributed by atoms with Crippen molar-refractivity contribution in [3.63, 3.8) is 0 Å². The third kappa shape index (κ3) is 3.33. The lowest BCUT2D eigenvalue weighted by Crippen LogP contribution is -2.25. The molecule has 2 atom stereocenters. The van der Waals surface area contributed by atoms with Crippen LogP contribution in [0.3, 0.4) is 0 Å². The van der Waals surface area contributed by atoms with E-state index >= 15 is 0 Å². The van der Waals surface area contributed by atoms with Crippen molar-refractivity contribution in [1.29, 1.82) is 0 Å². The quantitative estimate of drug-likeness (QED) is 0.907. The summed E-state index contributed by atoms with van der Waals surface area (Å²) in [4.78, 5) is 0. The van der Waals surface area contributed by atoms with Gasteiger partial charge in [-0.2, -0.15) is 0 Å². The van der Waals surface area contributed by atoms with Gasteiger partial charge < -0.3 is 5.11 Å². The summed E-state index contributed by atoms with van der Waals surface area (Å²) in [6.07, 6.45) is 4.07. The largest absolute Gasteiger partial charge is 0.392 e. The van der Waals surface area contributed by atoms with Crippen LogP contribution in [0.15, 0.2) is 24.3 Å². The zero-order chi connectivity index (χ0) is 13.2. The van der Waals surface area contributed by atoms with Crippen LogP contribution in [-0.4, -0.2) is 31.6 Å². The molecule has 0 saturated heterocycles. The molecule has 1 aliphatic carbocycles. The molecule has 1 N–H and O–H groups in total. The SMILES string of the molecule is CS(=O)(=O)CCC(O)C1CCCc2ccccc21. The molecule has 0 amide bonds. The number of rotatable bonds is 4. The molecule has 2 rings (SSSR count). The van der Waals surface area contributed by atoms with E-state index in [9.17, 15) is 13.5 Å². The Bertz CT molecular complexity index is 508. The van der Waals surface area contributed by atoms with E-state index in [2.05, 4.69) is 12.1 Å². The summed E-state index contributed by atoms with van der Waals surface area (Å²) >= 11 is 0. The normalized spacial score (nSPS) is 21.3. The van der Waals surface area contributed by atoms with Crippen LogP contribution in [0.25, 0.3) is 0 Å². The maximum atomic E-state index is 11.2. The van der Waals surface area contributed by atoms with Crippen molar-refractivity contribution in [3.05, 3.63) is 35.4 Å². The number of aliphatic hydroxyl groups is 1. The monoisotopic (exact) mass is 268 g/mol. The number of aliphatic hydroxyl groups excluding tert-OH is 1. The zero-order valence-corrected chi connectivity index (χ0v) is 11.5. The van der Waals surface area contributed by atoms with Crippen LogP contribution in [-0.2, 0) is 16.3 Å². The van der Waals surface area contributed by atoms with Gasteiger partial charge in [-0.3, -0.25) is 0 Å². The van der Waals surface area contributed by atoms with Gasteiger partial charge in [0.25, 0.3) is 0 Å². The van der Waals surface area contributed by atoms with Crippen molar-refractivity contribution in [3.8, 4) is 0 Å². The predicted molar refractivity (Wildman–Crippen MR) is 72.5 cm³/mol. The maximum absolute atomic E-state index is 11.2. The Morgan fingerprint density at radius 3 is 2.83 bits per heavy atom. The molecule has 1 aliphatic rings. The van der Waals surface area contributed by atoms with Crippen LogP contribution in [0.5, 0.6) is 0 Å². The minimum atomic E-state index is -3.00. The highest BCUT2D eigenvalue weighted by molar-refractivity contribution is 7.90. The fraction of sp³-hybridized carbons (Fsp3) is 0.571. The molecule has 0 spiro atoms. The van der Waals surface area contributed by atoms with Gasteiger partial charge in [0.2, 0.25) is 0 Å². The molecule has 100 valence electrons. The molecule has 0 fully saturated rings. The van der Waals surface area contributed by atoms with Crippen LogP contribution >= 0.6 is 0 Å². The number of aryl methyl sites for hydroxylation is 1. The van der Waals surface area contributed by atoms with E-state index in [1.165, 1.54) is 17.4 Å². The molecule has 0 heterocycles. The van der Waals surface area contributed by atoms with Crippen LogP contribution in [0.2, 0.25) is 0 Å². The first-order valence-corrected chi connectivity index (χ1v) is 8.47. The van der Waals surface area contributed by atoms with E-state index in [0.29, 0.717) is 6.42 Å². The summed E-state index contributed by atoms with van der Waals surface area (Å²) < 4.78 is 22.3.